The number of ketones is 1. The number of carboxylic acid groups (broad SMARTS) is 2. The first kappa shape index (κ1) is 37.5. The van der Waals surface area contributed by atoms with Gasteiger partial charge < -0.3 is 35.1 Å². The summed E-state index contributed by atoms with van der Waals surface area (Å²) < 4.78 is 15.7. The smallest absolute Gasteiger partial charge is 0.335 e. The molecule has 0 aliphatic carbocycles. The summed E-state index contributed by atoms with van der Waals surface area (Å²) in [6.07, 6.45) is 7.88. The van der Waals surface area contributed by atoms with Crippen LogP contribution in [0, 0.1) is 0 Å². The number of aromatic carboxylic acids is 1. The Morgan fingerprint density at radius 1 is 0.732 bits per heavy atom. The van der Waals surface area contributed by atoms with Gasteiger partial charge in [-0.05, 0) is 44.0 Å². The van der Waals surface area contributed by atoms with Crippen LogP contribution in [0.2, 0.25) is 0 Å². The monoisotopic (exact) mass is 582 g/mol. The lowest BCUT2D eigenvalue weighted by molar-refractivity contribution is -0.138. The Bertz CT molecular complexity index is 890. The highest BCUT2D eigenvalue weighted by Gasteiger charge is 2.04. The molecule has 0 atom stereocenters. The Morgan fingerprint density at radius 2 is 1.34 bits per heavy atom. The van der Waals surface area contributed by atoms with Crippen LogP contribution in [-0.4, -0.2) is 85.9 Å². The van der Waals surface area contributed by atoms with Crippen LogP contribution in [0.25, 0.3) is 0 Å². The van der Waals surface area contributed by atoms with E-state index in [1.807, 2.05) is 0 Å². The zero-order valence-electron chi connectivity index (χ0n) is 24.3. The number of benzene rings is 1. The Morgan fingerprint density at radius 3 is 1.93 bits per heavy atom. The van der Waals surface area contributed by atoms with Crippen LogP contribution >= 0.6 is 0 Å². The molecular weight excluding hydrogens is 536 g/mol. The second-order valence-corrected chi connectivity index (χ2v) is 9.14. The molecule has 0 radical (unpaired) electrons. The van der Waals surface area contributed by atoms with Crippen molar-refractivity contribution in [2.75, 3.05) is 46.1 Å². The van der Waals surface area contributed by atoms with Gasteiger partial charge >= 0.3 is 11.9 Å². The van der Waals surface area contributed by atoms with E-state index in [-0.39, 0.29) is 36.3 Å². The fraction of sp³-hybridized carbons (Fsp3) is 0.621. The number of Topliss-reactive ketones (excluding diaryl/α,β-unsaturated/α-hetero) is 1. The summed E-state index contributed by atoms with van der Waals surface area (Å²) in [5.74, 6) is -1.48. The van der Waals surface area contributed by atoms with E-state index in [4.69, 9.17) is 24.4 Å². The third-order valence-corrected chi connectivity index (χ3v) is 5.42. The summed E-state index contributed by atoms with van der Waals surface area (Å²) in [4.78, 5) is 53.6. The summed E-state index contributed by atoms with van der Waals surface area (Å²) in [6.45, 7) is 5.52. The molecular formula is C29H46N2O10. The molecule has 0 aliphatic heterocycles. The molecule has 0 aromatic heterocycles. The van der Waals surface area contributed by atoms with Gasteiger partial charge in [-0.25, -0.2) is 4.79 Å². The fourth-order valence-electron chi connectivity index (χ4n) is 3.24. The van der Waals surface area contributed by atoms with E-state index < -0.39 is 11.9 Å². The summed E-state index contributed by atoms with van der Waals surface area (Å²) >= 11 is 0. The summed E-state index contributed by atoms with van der Waals surface area (Å²) in [5, 5.41) is 22.3. The normalized spacial score (nSPS) is 10.2. The molecule has 41 heavy (non-hydrogen) atoms. The molecule has 0 aliphatic rings. The SMILES string of the molecule is CCC(=O)NCCOCCOCC(C)=O.O=C(O)CNC(=O)CCCCCCCCCOc1ccc(C(=O)O)cc1. The standard InChI is InChI=1S/C19H27NO6.C10H19NO4/c21-17(20-14-18(22)23)8-6-4-2-1-3-5-7-13-26-16-11-9-15(10-12-16)19(24)25;1-3-10(13)11-4-5-14-6-7-15-8-9(2)12/h9-12H,1-8,13-14H2,(H,20,21)(H,22,23)(H,24,25);3-8H2,1-2H3,(H,11,13). The zero-order chi connectivity index (χ0) is 30.7. The number of aliphatic carboxylic acids is 1. The minimum Gasteiger partial charge on any atom is -0.494 e. The van der Waals surface area contributed by atoms with Crippen LogP contribution in [0.5, 0.6) is 5.75 Å². The summed E-state index contributed by atoms with van der Waals surface area (Å²) in [7, 11) is 0. The molecule has 0 saturated heterocycles. The molecule has 0 bridgehead atoms. The van der Waals surface area contributed by atoms with Gasteiger partial charge in [-0.2, -0.15) is 0 Å². The Balaban J connectivity index is 0.000000909. The minimum absolute atomic E-state index is 0.00482. The summed E-state index contributed by atoms with van der Waals surface area (Å²) in [5.41, 5.74) is 0.247. The first-order chi connectivity index (χ1) is 19.6. The van der Waals surface area contributed by atoms with Gasteiger partial charge in [0.05, 0.1) is 32.0 Å². The molecule has 2 amide bonds. The predicted molar refractivity (Wildman–Crippen MR) is 152 cm³/mol. The third kappa shape index (κ3) is 25.2. The van der Waals surface area contributed by atoms with Crippen LogP contribution in [-0.2, 0) is 28.7 Å². The van der Waals surface area contributed by atoms with Crippen molar-refractivity contribution in [1.29, 1.82) is 0 Å². The number of carboxylic acids is 2. The zero-order valence-corrected chi connectivity index (χ0v) is 24.3. The van der Waals surface area contributed by atoms with Crippen molar-refractivity contribution < 1.29 is 48.4 Å². The second-order valence-electron chi connectivity index (χ2n) is 9.14. The lowest BCUT2D eigenvalue weighted by Crippen LogP contribution is -2.28. The Hall–Kier alpha value is -3.51. The van der Waals surface area contributed by atoms with E-state index >= 15 is 0 Å². The molecule has 1 aromatic rings. The maximum Gasteiger partial charge on any atom is 0.335 e. The van der Waals surface area contributed by atoms with E-state index in [1.165, 1.54) is 19.1 Å². The molecule has 0 spiro atoms. The fourth-order valence-corrected chi connectivity index (χ4v) is 3.24. The number of nitrogens with one attached hydrogen (secondary N) is 2. The minimum atomic E-state index is -1.03. The van der Waals surface area contributed by atoms with Crippen LogP contribution in [0.3, 0.4) is 0 Å². The first-order valence-electron chi connectivity index (χ1n) is 14.0. The number of hydrogen-bond donors (Lipinski definition) is 4. The molecule has 0 saturated carbocycles. The molecule has 1 aromatic carbocycles. The number of amides is 2. The van der Waals surface area contributed by atoms with Crippen LogP contribution in [0.15, 0.2) is 24.3 Å². The van der Waals surface area contributed by atoms with Crippen molar-refractivity contribution in [1.82, 2.24) is 10.6 Å². The quantitative estimate of drug-likeness (QED) is 0.140. The number of ether oxygens (including phenoxy) is 3. The molecule has 232 valence electrons. The van der Waals surface area contributed by atoms with Crippen molar-refractivity contribution >= 4 is 29.5 Å². The van der Waals surface area contributed by atoms with Crippen LogP contribution < -0.4 is 15.4 Å². The van der Waals surface area contributed by atoms with Gasteiger partial charge in [0.1, 0.15) is 18.9 Å². The Labute approximate surface area is 242 Å². The predicted octanol–water partition coefficient (Wildman–Crippen LogP) is 3.22. The summed E-state index contributed by atoms with van der Waals surface area (Å²) in [6, 6.07) is 6.38. The van der Waals surface area contributed by atoms with Gasteiger partial charge in [-0.1, -0.05) is 39.0 Å². The van der Waals surface area contributed by atoms with Gasteiger partial charge in [0, 0.05) is 19.4 Å². The van der Waals surface area contributed by atoms with Crippen molar-refractivity contribution in [2.24, 2.45) is 0 Å². The second kappa shape index (κ2) is 25.5. The molecule has 0 heterocycles. The van der Waals surface area contributed by atoms with E-state index in [2.05, 4.69) is 10.6 Å². The number of carbonyl (C=O) groups is 5. The average Bonchev–Trinajstić information content (AvgIpc) is 2.94. The highest BCUT2D eigenvalue weighted by Crippen LogP contribution is 2.14. The molecule has 0 fully saturated rings. The van der Waals surface area contributed by atoms with Crippen molar-refractivity contribution in [3.05, 3.63) is 29.8 Å². The van der Waals surface area contributed by atoms with E-state index in [0.29, 0.717) is 51.6 Å². The molecule has 12 heteroatoms. The number of rotatable bonds is 23. The van der Waals surface area contributed by atoms with Gasteiger partial charge in [-0.3, -0.25) is 19.2 Å². The van der Waals surface area contributed by atoms with Gasteiger partial charge in [0.15, 0.2) is 5.78 Å². The van der Waals surface area contributed by atoms with Crippen molar-refractivity contribution in [2.45, 2.75) is 71.6 Å². The average molecular weight is 583 g/mol. The van der Waals surface area contributed by atoms with Crippen LogP contribution in [0.1, 0.15) is 82.0 Å². The van der Waals surface area contributed by atoms with Crippen LogP contribution in [0.4, 0.5) is 0 Å². The van der Waals surface area contributed by atoms with E-state index in [0.717, 1.165) is 44.9 Å². The molecule has 12 nitrogen and oxygen atoms in total. The van der Waals surface area contributed by atoms with Crippen molar-refractivity contribution in [3.63, 3.8) is 0 Å². The molecule has 4 N–H and O–H groups in total. The maximum absolute atomic E-state index is 11.3. The number of hydrogen-bond acceptors (Lipinski definition) is 8. The van der Waals surface area contributed by atoms with E-state index in [1.54, 1.807) is 19.1 Å². The van der Waals surface area contributed by atoms with Gasteiger partial charge in [0.2, 0.25) is 11.8 Å². The highest BCUT2D eigenvalue weighted by molar-refractivity contribution is 5.87. The van der Waals surface area contributed by atoms with Gasteiger partial charge in [0.25, 0.3) is 0 Å². The van der Waals surface area contributed by atoms with Gasteiger partial charge in [-0.15, -0.1) is 0 Å². The highest BCUT2D eigenvalue weighted by atomic mass is 16.5. The topological polar surface area (TPSA) is 178 Å². The van der Waals surface area contributed by atoms with Crippen molar-refractivity contribution in [3.8, 4) is 5.75 Å². The molecule has 0 unspecified atom stereocenters. The Kier molecular flexibility index (Phi) is 23.3. The first-order valence-corrected chi connectivity index (χ1v) is 14.0. The lowest BCUT2D eigenvalue weighted by Gasteiger charge is -2.06. The molecule has 1 rings (SSSR count). The largest absolute Gasteiger partial charge is 0.494 e. The number of unbranched alkanes of at least 4 members (excludes halogenated alkanes) is 6. The third-order valence-electron chi connectivity index (χ3n) is 5.42. The van der Waals surface area contributed by atoms with E-state index in [9.17, 15) is 24.0 Å². The maximum atomic E-state index is 11.3. The lowest BCUT2D eigenvalue weighted by atomic mass is 10.1. The number of carbonyl (C=O) groups excluding carboxylic acids is 3.